The van der Waals surface area contributed by atoms with Gasteiger partial charge in [-0.3, -0.25) is 0 Å². The van der Waals surface area contributed by atoms with Crippen LogP contribution in [-0.4, -0.2) is 29.1 Å². The van der Waals surface area contributed by atoms with Gasteiger partial charge in [0.2, 0.25) is 0 Å². The number of nitrogens with zero attached hydrogens (tertiary/aromatic N) is 2. The highest BCUT2D eigenvalue weighted by Gasteiger charge is 2.19. The van der Waals surface area contributed by atoms with E-state index in [1.165, 1.54) is 12.8 Å². The number of anilines is 1. The second-order valence-electron chi connectivity index (χ2n) is 4.13. The first kappa shape index (κ1) is 10.4. The SMILES string of the molecule is CC(Nc1ccncn1)C1CCCNC1. The maximum atomic E-state index is 4.17. The quantitative estimate of drug-likeness (QED) is 0.782. The van der Waals surface area contributed by atoms with Gasteiger partial charge in [0.1, 0.15) is 12.1 Å². The maximum absolute atomic E-state index is 4.17. The van der Waals surface area contributed by atoms with E-state index in [0.717, 1.165) is 18.9 Å². The van der Waals surface area contributed by atoms with E-state index in [2.05, 4.69) is 27.5 Å². The van der Waals surface area contributed by atoms with Crippen LogP contribution < -0.4 is 10.6 Å². The Labute approximate surface area is 90.5 Å². The molecule has 0 aromatic carbocycles. The summed E-state index contributed by atoms with van der Waals surface area (Å²) in [5.41, 5.74) is 0. The molecule has 0 aliphatic carbocycles. The molecule has 1 aliphatic rings. The average molecular weight is 206 g/mol. The van der Waals surface area contributed by atoms with E-state index < -0.39 is 0 Å². The summed E-state index contributed by atoms with van der Waals surface area (Å²) in [4.78, 5) is 8.07. The summed E-state index contributed by atoms with van der Waals surface area (Å²) in [7, 11) is 0. The molecule has 1 fully saturated rings. The van der Waals surface area contributed by atoms with E-state index in [9.17, 15) is 0 Å². The molecule has 0 radical (unpaired) electrons. The van der Waals surface area contributed by atoms with Crippen LogP contribution in [0.5, 0.6) is 0 Å². The van der Waals surface area contributed by atoms with E-state index in [1.54, 1.807) is 12.5 Å². The Balaban J connectivity index is 1.88. The van der Waals surface area contributed by atoms with E-state index in [0.29, 0.717) is 12.0 Å². The van der Waals surface area contributed by atoms with Crippen LogP contribution in [0, 0.1) is 5.92 Å². The lowest BCUT2D eigenvalue weighted by molar-refractivity contribution is 0.346. The highest BCUT2D eigenvalue weighted by molar-refractivity contribution is 5.32. The topological polar surface area (TPSA) is 49.8 Å². The Morgan fingerprint density at radius 2 is 2.53 bits per heavy atom. The van der Waals surface area contributed by atoms with Crippen molar-refractivity contribution < 1.29 is 0 Å². The molecule has 4 nitrogen and oxygen atoms in total. The molecule has 1 aliphatic heterocycles. The number of rotatable bonds is 3. The number of piperidine rings is 1. The first-order valence-corrected chi connectivity index (χ1v) is 5.59. The van der Waals surface area contributed by atoms with Crippen LogP contribution >= 0.6 is 0 Å². The van der Waals surface area contributed by atoms with Crippen molar-refractivity contribution in [3.8, 4) is 0 Å². The van der Waals surface area contributed by atoms with Gasteiger partial charge in [-0.15, -0.1) is 0 Å². The van der Waals surface area contributed by atoms with Gasteiger partial charge in [-0.05, 0) is 44.8 Å². The standard InChI is InChI=1S/C11H18N4/c1-9(10-3-2-5-12-7-10)15-11-4-6-13-8-14-11/h4,6,8-10,12H,2-3,5,7H2,1H3,(H,13,14,15). The molecule has 0 bridgehead atoms. The summed E-state index contributed by atoms with van der Waals surface area (Å²) in [5, 5.41) is 6.85. The molecule has 1 aromatic heterocycles. The molecule has 0 amide bonds. The van der Waals surface area contributed by atoms with Crippen molar-refractivity contribution in [1.29, 1.82) is 0 Å². The largest absolute Gasteiger partial charge is 0.367 e. The lowest BCUT2D eigenvalue weighted by Gasteiger charge is -2.29. The minimum atomic E-state index is 0.465. The molecule has 1 aromatic rings. The number of aromatic nitrogens is 2. The van der Waals surface area contributed by atoms with Gasteiger partial charge in [0.25, 0.3) is 0 Å². The molecule has 2 atom stereocenters. The minimum absolute atomic E-state index is 0.465. The van der Waals surface area contributed by atoms with Gasteiger partial charge in [0, 0.05) is 12.2 Å². The van der Waals surface area contributed by atoms with E-state index in [-0.39, 0.29) is 0 Å². The summed E-state index contributed by atoms with van der Waals surface area (Å²) in [6.45, 7) is 4.50. The molecular formula is C11H18N4. The first-order valence-electron chi connectivity index (χ1n) is 5.59. The van der Waals surface area contributed by atoms with Crippen molar-refractivity contribution in [3.63, 3.8) is 0 Å². The monoisotopic (exact) mass is 206 g/mol. The second kappa shape index (κ2) is 5.07. The Kier molecular flexibility index (Phi) is 3.50. The van der Waals surface area contributed by atoms with Crippen molar-refractivity contribution in [2.75, 3.05) is 18.4 Å². The molecule has 0 spiro atoms. The smallest absolute Gasteiger partial charge is 0.129 e. The van der Waals surface area contributed by atoms with Gasteiger partial charge < -0.3 is 10.6 Å². The lowest BCUT2D eigenvalue weighted by atomic mass is 9.93. The van der Waals surface area contributed by atoms with Crippen LogP contribution in [0.25, 0.3) is 0 Å². The molecule has 2 unspecified atom stereocenters. The Morgan fingerprint density at radius 1 is 1.60 bits per heavy atom. The number of nitrogens with one attached hydrogen (secondary N) is 2. The van der Waals surface area contributed by atoms with Crippen molar-refractivity contribution in [2.45, 2.75) is 25.8 Å². The molecule has 0 saturated carbocycles. The third kappa shape index (κ3) is 2.89. The molecule has 2 heterocycles. The van der Waals surface area contributed by atoms with Gasteiger partial charge in [-0.2, -0.15) is 0 Å². The van der Waals surface area contributed by atoms with Gasteiger partial charge >= 0.3 is 0 Å². The predicted octanol–water partition coefficient (Wildman–Crippen LogP) is 1.28. The predicted molar refractivity (Wildman–Crippen MR) is 60.7 cm³/mol. The van der Waals surface area contributed by atoms with E-state index >= 15 is 0 Å². The number of hydrogen-bond acceptors (Lipinski definition) is 4. The van der Waals surface area contributed by atoms with Gasteiger partial charge in [0.05, 0.1) is 0 Å². The van der Waals surface area contributed by atoms with Crippen molar-refractivity contribution in [1.82, 2.24) is 15.3 Å². The Morgan fingerprint density at radius 3 is 3.20 bits per heavy atom. The van der Waals surface area contributed by atoms with Gasteiger partial charge in [0.15, 0.2) is 0 Å². The zero-order valence-electron chi connectivity index (χ0n) is 9.11. The minimum Gasteiger partial charge on any atom is -0.367 e. The summed E-state index contributed by atoms with van der Waals surface area (Å²) in [5.74, 6) is 1.62. The maximum Gasteiger partial charge on any atom is 0.129 e. The van der Waals surface area contributed by atoms with Crippen LogP contribution in [0.1, 0.15) is 19.8 Å². The van der Waals surface area contributed by atoms with Crippen LogP contribution in [0.3, 0.4) is 0 Å². The average Bonchev–Trinajstić information content (AvgIpc) is 2.31. The van der Waals surface area contributed by atoms with Gasteiger partial charge in [-0.25, -0.2) is 9.97 Å². The second-order valence-corrected chi connectivity index (χ2v) is 4.13. The fraction of sp³-hybridized carbons (Fsp3) is 0.636. The summed E-state index contributed by atoms with van der Waals surface area (Å²) >= 11 is 0. The fourth-order valence-electron chi connectivity index (χ4n) is 2.03. The number of hydrogen-bond donors (Lipinski definition) is 2. The van der Waals surface area contributed by atoms with Crippen LogP contribution in [0.15, 0.2) is 18.6 Å². The normalized spacial score (nSPS) is 23.4. The molecule has 2 rings (SSSR count). The van der Waals surface area contributed by atoms with E-state index in [4.69, 9.17) is 0 Å². The molecule has 2 N–H and O–H groups in total. The zero-order valence-corrected chi connectivity index (χ0v) is 9.11. The highest BCUT2D eigenvalue weighted by atomic mass is 15.0. The van der Waals surface area contributed by atoms with Crippen LogP contribution in [-0.2, 0) is 0 Å². The van der Waals surface area contributed by atoms with Crippen molar-refractivity contribution in [3.05, 3.63) is 18.6 Å². The molecular weight excluding hydrogens is 188 g/mol. The zero-order chi connectivity index (χ0) is 10.5. The lowest BCUT2D eigenvalue weighted by Crippen LogP contribution is -2.38. The third-order valence-electron chi connectivity index (χ3n) is 3.00. The van der Waals surface area contributed by atoms with Crippen molar-refractivity contribution in [2.24, 2.45) is 5.92 Å². The van der Waals surface area contributed by atoms with Crippen molar-refractivity contribution >= 4 is 5.82 Å². The molecule has 4 heteroatoms. The van der Waals surface area contributed by atoms with Gasteiger partial charge in [-0.1, -0.05) is 0 Å². The summed E-state index contributed by atoms with van der Waals surface area (Å²) < 4.78 is 0. The highest BCUT2D eigenvalue weighted by Crippen LogP contribution is 2.16. The van der Waals surface area contributed by atoms with E-state index in [1.807, 2.05) is 6.07 Å². The Bertz CT molecular complexity index is 282. The molecule has 82 valence electrons. The summed E-state index contributed by atoms with van der Waals surface area (Å²) in [6.07, 6.45) is 5.92. The first-order chi connectivity index (χ1) is 7.36. The van der Waals surface area contributed by atoms with Crippen LogP contribution in [0.4, 0.5) is 5.82 Å². The molecule has 1 saturated heterocycles. The van der Waals surface area contributed by atoms with Crippen LogP contribution in [0.2, 0.25) is 0 Å². The summed E-state index contributed by atoms with van der Waals surface area (Å²) in [6, 6.07) is 2.37. The Hall–Kier alpha value is -1.16. The molecule has 15 heavy (non-hydrogen) atoms. The fourth-order valence-corrected chi connectivity index (χ4v) is 2.03. The third-order valence-corrected chi connectivity index (χ3v) is 3.00.